The van der Waals surface area contributed by atoms with Gasteiger partial charge in [-0.3, -0.25) is 14.1 Å². The van der Waals surface area contributed by atoms with Crippen molar-refractivity contribution in [2.75, 3.05) is 13.1 Å². The summed E-state index contributed by atoms with van der Waals surface area (Å²) in [4.78, 5) is 20.3. The zero-order valence-electron chi connectivity index (χ0n) is 7.25. The lowest BCUT2D eigenvalue weighted by Crippen LogP contribution is -2.30. The molecule has 14 heavy (non-hydrogen) atoms. The largest absolute Gasteiger partial charge is 0.481 e. The molecule has 0 aliphatic heterocycles. The van der Waals surface area contributed by atoms with Crippen molar-refractivity contribution < 1.29 is 28.6 Å². The molecule has 0 heterocycles. The number of nitrogens with zero attached hydrogens (tertiary/aromatic N) is 1. The number of aliphatic carboxylic acids is 2. The van der Waals surface area contributed by atoms with Gasteiger partial charge < -0.3 is 10.2 Å². The van der Waals surface area contributed by atoms with E-state index in [1.165, 1.54) is 0 Å². The molecule has 1 atom stereocenters. The molecule has 82 valence electrons. The van der Waals surface area contributed by atoms with Gasteiger partial charge in [-0.05, 0) is 0 Å². The van der Waals surface area contributed by atoms with E-state index in [0.717, 1.165) is 4.31 Å². The summed E-state index contributed by atoms with van der Waals surface area (Å²) in [6, 6.07) is 0. The van der Waals surface area contributed by atoms with Gasteiger partial charge in [0.1, 0.15) is 0 Å². The van der Waals surface area contributed by atoms with Gasteiger partial charge in [-0.25, -0.2) is 8.51 Å². The number of carboxylic acids is 2. The van der Waals surface area contributed by atoms with Crippen LogP contribution in [0.5, 0.6) is 0 Å². The quantitative estimate of drug-likeness (QED) is 0.497. The van der Waals surface area contributed by atoms with E-state index in [1.54, 1.807) is 0 Å². The molecule has 0 amide bonds. The summed E-state index contributed by atoms with van der Waals surface area (Å²) < 4.78 is 20.1. The van der Waals surface area contributed by atoms with Gasteiger partial charge in [0.15, 0.2) is 0 Å². The summed E-state index contributed by atoms with van der Waals surface area (Å²) in [5.41, 5.74) is 0. The highest BCUT2D eigenvalue weighted by Gasteiger charge is 2.13. The average Bonchev–Trinajstić information content (AvgIpc) is 2.02. The monoisotopic (exact) mass is 225 g/mol. The van der Waals surface area contributed by atoms with E-state index in [0.29, 0.717) is 0 Å². The summed E-state index contributed by atoms with van der Waals surface area (Å²) in [7, 11) is 0. The van der Waals surface area contributed by atoms with E-state index >= 15 is 0 Å². The zero-order chi connectivity index (χ0) is 11.1. The van der Waals surface area contributed by atoms with Crippen LogP contribution in [-0.4, -0.2) is 48.3 Å². The fraction of sp³-hybridized carbons (Fsp3) is 0.667. The molecule has 0 aromatic carbocycles. The zero-order valence-corrected chi connectivity index (χ0v) is 8.07. The Morgan fingerprint density at radius 1 is 1.07 bits per heavy atom. The molecule has 0 rings (SSSR count). The molecule has 0 aliphatic rings. The Labute approximate surface area is 82.7 Å². The molecular weight excluding hydrogens is 214 g/mol. The predicted octanol–water partition coefficient (Wildman–Crippen LogP) is -0.626. The van der Waals surface area contributed by atoms with Crippen LogP contribution in [0, 0.1) is 0 Å². The van der Waals surface area contributed by atoms with Gasteiger partial charge >= 0.3 is 11.9 Å². The first kappa shape index (κ1) is 13.0. The molecular formula is C6H11NO6S. The molecule has 3 N–H and O–H groups in total. The second-order valence-corrected chi connectivity index (χ2v) is 3.43. The van der Waals surface area contributed by atoms with Crippen molar-refractivity contribution in [2.24, 2.45) is 0 Å². The number of carboxylic acid groups (broad SMARTS) is 2. The van der Waals surface area contributed by atoms with Gasteiger partial charge in [0, 0.05) is 13.1 Å². The van der Waals surface area contributed by atoms with E-state index in [9.17, 15) is 13.8 Å². The van der Waals surface area contributed by atoms with E-state index in [4.69, 9.17) is 14.8 Å². The van der Waals surface area contributed by atoms with Crippen molar-refractivity contribution in [1.29, 1.82) is 0 Å². The molecule has 0 spiro atoms. The lowest BCUT2D eigenvalue weighted by molar-refractivity contribution is -0.137. The minimum Gasteiger partial charge on any atom is -0.481 e. The SMILES string of the molecule is O=C(O)CCN(CCC(=O)O)S(=O)O. The fourth-order valence-corrected chi connectivity index (χ4v) is 1.20. The van der Waals surface area contributed by atoms with Crippen LogP contribution in [0.25, 0.3) is 0 Å². The fourth-order valence-electron chi connectivity index (χ4n) is 0.709. The molecule has 7 nitrogen and oxygen atoms in total. The third-order valence-electron chi connectivity index (χ3n) is 1.37. The van der Waals surface area contributed by atoms with Crippen LogP contribution in [0.15, 0.2) is 0 Å². The van der Waals surface area contributed by atoms with Crippen LogP contribution in [0.3, 0.4) is 0 Å². The average molecular weight is 225 g/mol. The Balaban J connectivity index is 3.96. The molecule has 0 aliphatic carbocycles. The maximum absolute atomic E-state index is 10.6. The highest BCUT2D eigenvalue weighted by atomic mass is 32.2. The summed E-state index contributed by atoms with van der Waals surface area (Å²) >= 11 is -2.33. The molecule has 0 fully saturated rings. The molecule has 0 radical (unpaired) electrons. The van der Waals surface area contributed by atoms with Crippen molar-refractivity contribution in [3.8, 4) is 0 Å². The number of hydrogen-bond donors (Lipinski definition) is 3. The minimum absolute atomic E-state index is 0.147. The van der Waals surface area contributed by atoms with Gasteiger partial charge in [-0.2, -0.15) is 0 Å². The summed E-state index contributed by atoms with van der Waals surface area (Å²) in [6.07, 6.45) is -0.599. The van der Waals surface area contributed by atoms with Gasteiger partial charge in [-0.1, -0.05) is 0 Å². The predicted molar refractivity (Wildman–Crippen MR) is 46.8 cm³/mol. The Morgan fingerprint density at radius 3 is 1.64 bits per heavy atom. The summed E-state index contributed by atoms with van der Waals surface area (Å²) in [5, 5.41) is 16.6. The third kappa shape index (κ3) is 6.52. The lowest BCUT2D eigenvalue weighted by atomic mass is 10.4. The van der Waals surface area contributed by atoms with E-state index in [-0.39, 0.29) is 25.9 Å². The van der Waals surface area contributed by atoms with Gasteiger partial charge in [0.2, 0.25) is 11.3 Å². The lowest BCUT2D eigenvalue weighted by Gasteiger charge is -2.14. The Morgan fingerprint density at radius 2 is 1.43 bits per heavy atom. The topological polar surface area (TPSA) is 115 Å². The van der Waals surface area contributed by atoms with Crippen LogP contribution < -0.4 is 0 Å². The van der Waals surface area contributed by atoms with Crippen molar-refractivity contribution >= 4 is 23.2 Å². The van der Waals surface area contributed by atoms with Crippen molar-refractivity contribution in [1.82, 2.24) is 4.31 Å². The third-order valence-corrected chi connectivity index (χ3v) is 2.18. The smallest absolute Gasteiger partial charge is 0.304 e. The van der Waals surface area contributed by atoms with Gasteiger partial charge in [-0.15, -0.1) is 0 Å². The van der Waals surface area contributed by atoms with Crippen LogP contribution in [0.2, 0.25) is 0 Å². The van der Waals surface area contributed by atoms with Gasteiger partial charge in [0.25, 0.3) is 0 Å². The first-order valence-electron chi connectivity index (χ1n) is 3.73. The molecule has 0 saturated heterocycles. The first-order valence-corrected chi connectivity index (χ1v) is 4.79. The van der Waals surface area contributed by atoms with Gasteiger partial charge in [0.05, 0.1) is 12.8 Å². The molecule has 0 aromatic rings. The van der Waals surface area contributed by atoms with E-state index < -0.39 is 23.2 Å². The normalized spacial score (nSPS) is 12.7. The Kier molecular flexibility index (Phi) is 6.00. The maximum Gasteiger partial charge on any atom is 0.304 e. The van der Waals surface area contributed by atoms with Crippen LogP contribution in [0.1, 0.15) is 12.8 Å². The minimum atomic E-state index is -2.33. The molecule has 0 saturated carbocycles. The van der Waals surface area contributed by atoms with Crippen molar-refractivity contribution in [3.05, 3.63) is 0 Å². The standard InChI is InChI=1S/C6H11NO6S/c8-5(9)1-3-7(14(12)13)4-2-6(10)11/h1-4H2,(H,8,9)(H,10,11)(H,12,13). The number of carbonyl (C=O) groups is 2. The van der Waals surface area contributed by atoms with Crippen LogP contribution in [-0.2, 0) is 20.9 Å². The van der Waals surface area contributed by atoms with E-state index in [1.807, 2.05) is 0 Å². The Hall–Kier alpha value is -0.990. The second kappa shape index (κ2) is 6.46. The van der Waals surface area contributed by atoms with Crippen molar-refractivity contribution in [2.45, 2.75) is 12.8 Å². The van der Waals surface area contributed by atoms with Crippen molar-refractivity contribution in [3.63, 3.8) is 0 Å². The van der Waals surface area contributed by atoms with Crippen LogP contribution >= 0.6 is 0 Å². The number of hydrogen-bond acceptors (Lipinski definition) is 3. The first-order chi connectivity index (χ1) is 6.43. The molecule has 1 unspecified atom stereocenters. The van der Waals surface area contributed by atoms with Crippen LogP contribution in [0.4, 0.5) is 0 Å². The van der Waals surface area contributed by atoms with E-state index in [2.05, 4.69) is 0 Å². The Bertz CT molecular complexity index is 224. The second-order valence-electron chi connectivity index (χ2n) is 2.45. The molecule has 0 aromatic heterocycles. The molecule has 8 heteroatoms. The highest BCUT2D eigenvalue weighted by molar-refractivity contribution is 7.76. The summed E-state index contributed by atoms with van der Waals surface area (Å²) in [6.45, 7) is -0.294. The summed E-state index contributed by atoms with van der Waals surface area (Å²) in [5.74, 6) is -2.20. The highest BCUT2D eigenvalue weighted by Crippen LogP contribution is 1.97. The molecule has 0 bridgehead atoms. The number of rotatable bonds is 7. The maximum atomic E-state index is 10.6.